The molecule has 1 aromatic rings. The van der Waals surface area contributed by atoms with E-state index in [9.17, 15) is 4.79 Å². The normalized spacial score (nSPS) is 19.9. The Morgan fingerprint density at radius 3 is 2.81 bits per heavy atom. The number of carbonyl (C=O) groups is 1. The van der Waals surface area contributed by atoms with Crippen molar-refractivity contribution in [3.05, 3.63) is 33.4 Å². The first kappa shape index (κ1) is 12.0. The Morgan fingerprint density at radius 1 is 1.44 bits per heavy atom. The molecule has 1 aromatic carbocycles. The molecule has 1 aliphatic heterocycles. The minimum atomic E-state index is 0.0308. The molecule has 1 atom stereocenters. The highest BCUT2D eigenvalue weighted by atomic mass is 127. The molecule has 0 aromatic heterocycles. The zero-order valence-electron chi connectivity index (χ0n) is 8.82. The van der Waals surface area contributed by atoms with Gasteiger partial charge in [0.15, 0.2) is 5.78 Å². The third-order valence-corrected chi connectivity index (χ3v) is 3.22. The van der Waals surface area contributed by atoms with Gasteiger partial charge in [0.05, 0.1) is 12.7 Å². The summed E-state index contributed by atoms with van der Waals surface area (Å²) in [6, 6.07) is 7.51. The van der Waals surface area contributed by atoms with Gasteiger partial charge in [0, 0.05) is 15.7 Å². The summed E-state index contributed by atoms with van der Waals surface area (Å²) in [4.78, 5) is 11.7. The fourth-order valence-electron chi connectivity index (χ4n) is 1.56. The highest BCUT2D eigenvalue weighted by molar-refractivity contribution is 14.1. The second-order valence-electron chi connectivity index (χ2n) is 3.73. The van der Waals surface area contributed by atoms with Crippen molar-refractivity contribution in [2.75, 3.05) is 19.8 Å². The molecule has 16 heavy (non-hydrogen) atoms. The topological polar surface area (TPSA) is 35.5 Å². The van der Waals surface area contributed by atoms with E-state index in [1.165, 1.54) is 0 Å². The molecule has 1 fully saturated rings. The monoisotopic (exact) mass is 332 g/mol. The summed E-state index contributed by atoms with van der Waals surface area (Å²) in [7, 11) is 0. The summed E-state index contributed by atoms with van der Waals surface area (Å²) >= 11 is 2.21. The van der Waals surface area contributed by atoms with Crippen LogP contribution in [0.4, 0.5) is 0 Å². The molecule has 1 saturated heterocycles. The smallest absolute Gasteiger partial charge is 0.188 e. The van der Waals surface area contributed by atoms with Crippen LogP contribution in [-0.4, -0.2) is 31.7 Å². The molecule has 1 heterocycles. The predicted molar refractivity (Wildman–Crippen MR) is 68.7 cm³/mol. The minimum Gasteiger partial charge on any atom is -0.379 e. The van der Waals surface area contributed by atoms with Crippen LogP contribution in [0.25, 0.3) is 0 Å². The molecule has 0 saturated carbocycles. The van der Waals surface area contributed by atoms with E-state index in [0.717, 1.165) is 16.6 Å². The number of ether oxygens (including phenoxy) is 2. The number of benzene rings is 1. The molecule has 2 rings (SSSR count). The van der Waals surface area contributed by atoms with Crippen LogP contribution in [0.1, 0.15) is 16.8 Å². The standard InChI is InChI=1S/C12H13IO3/c13-10-3-1-9(2-4-10)12(14)8-16-11-5-6-15-7-11/h1-4,11H,5-8H2. The van der Waals surface area contributed by atoms with Gasteiger partial charge in [-0.05, 0) is 41.1 Å². The first-order valence-electron chi connectivity index (χ1n) is 5.24. The maximum atomic E-state index is 11.7. The highest BCUT2D eigenvalue weighted by Gasteiger charge is 2.17. The molecule has 0 amide bonds. The number of hydrogen-bond donors (Lipinski definition) is 0. The summed E-state index contributed by atoms with van der Waals surface area (Å²) in [5, 5.41) is 0. The lowest BCUT2D eigenvalue weighted by Crippen LogP contribution is -2.18. The van der Waals surface area contributed by atoms with Crippen molar-refractivity contribution in [3.8, 4) is 0 Å². The number of carbonyl (C=O) groups excluding carboxylic acids is 1. The van der Waals surface area contributed by atoms with Crippen molar-refractivity contribution in [2.45, 2.75) is 12.5 Å². The molecule has 4 heteroatoms. The highest BCUT2D eigenvalue weighted by Crippen LogP contribution is 2.11. The Labute approximate surface area is 108 Å². The van der Waals surface area contributed by atoms with Crippen LogP contribution < -0.4 is 0 Å². The average molecular weight is 332 g/mol. The zero-order chi connectivity index (χ0) is 11.4. The van der Waals surface area contributed by atoms with Crippen LogP contribution in [0.2, 0.25) is 0 Å². The number of Topliss-reactive ketones (excluding diaryl/α,β-unsaturated/α-hetero) is 1. The Hall–Kier alpha value is -0.460. The minimum absolute atomic E-state index is 0.0308. The lowest BCUT2D eigenvalue weighted by atomic mass is 10.1. The molecule has 0 bridgehead atoms. The molecule has 1 aliphatic rings. The van der Waals surface area contributed by atoms with E-state index in [1.807, 2.05) is 24.3 Å². The van der Waals surface area contributed by atoms with Crippen molar-refractivity contribution in [3.63, 3.8) is 0 Å². The van der Waals surface area contributed by atoms with Gasteiger partial charge in [-0.3, -0.25) is 4.79 Å². The van der Waals surface area contributed by atoms with Gasteiger partial charge >= 0.3 is 0 Å². The zero-order valence-corrected chi connectivity index (χ0v) is 11.0. The predicted octanol–water partition coefficient (Wildman–Crippen LogP) is 2.28. The molecule has 86 valence electrons. The van der Waals surface area contributed by atoms with Crippen molar-refractivity contribution < 1.29 is 14.3 Å². The largest absolute Gasteiger partial charge is 0.379 e. The van der Waals surface area contributed by atoms with Crippen LogP contribution >= 0.6 is 22.6 Å². The fraction of sp³-hybridized carbons (Fsp3) is 0.417. The van der Waals surface area contributed by atoms with E-state index in [4.69, 9.17) is 9.47 Å². The van der Waals surface area contributed by atoms with Crippen molar-refractivity contribution in [1.29, 1.82) is 0 Å². The van der Waals surface area contributed by atoms with Gasteiger partial charge < -0.3 is 9.47 Å². The van der Waals surface area contributed by atoms with E-state index >= 15 is 0 Å². The molecule has 1 unspecified atom stereocenters. The quantitative estimate of drug-likeness (QED) is 0.627. The van der Waals surface area contributed by atoms with Crippen LogP contribution in [0.3, 0.4) is 0 Å². The molecular formula is C12H13IO3. The third kappa shape index (κ3) is 3.26. The number of rotatable bonds is 4. The van der Waals surface area contributed by atoms with E-state index < -0.39 is 0 Å². The summed E-state index contributed by atoms with van der Waals surface area (Å²) in [5.74, 6) is 0.0308. The van der Waals surface area contributed by atoms with E-state index in [2.05, 4.69) is 22.6 Å². The third-order valence-electron chi connectivity index (χ3n) is 2.50. The summed E-state index contributed by atoms with van der Waals surface area (Å²) in [5.41, 5.74) is 0.708. The summed E-state index contributed by atoms with van der Waals surface area (Å²) in [6.45, 7) is 1.50. The molecule has 3 nitrogen and oxygen atoms in total. The number of ketones is 1. The summed E-state index contributed by atoms with van der Waals surface area (Å²) < 4.78 is 11.8. The van der Waals surface area contributed by atoms with Crippen LogP contribution in [0, 0.1) is 3.57 Å². The van der Waals surface area contributed by atoms with Crippen LogP contribution in [0.15, 0.2) is 24.3 Å². The second kappa shape index (κ2) is 5.75. The van der Waals surface area contributed by atoms with E-state index in [0.29, 0.717) is 12.2 Å². The van der Waals surface area contributed by atoms with Gasteiger partial charge in [0.25, 0.3) is 0 Å². The maximum absolute atomic E-state index is 11.7. The Kier molecular flexibility index (Phi) is 4.31. The second-order valence-corrected chi connectivity index (χ2v) is 4.97. The number of halogens is 1. The molecule has 0 N–H and O–H groups in total. The maximum Gasteiger partial charge on any atom is 0.188 e. The van der Waals surface area contributed by atoms with Gasteiger partial charge in [0.1, 0.15) is 6.61 Å². The Balaban J connectivity index is 1.85. The molecule has 0 spiro atoms. The van der Waals surface area contributed by atoms with Crippen molar-refractivity contribution >= 4 is 28.4 Å². The van der Waals surface area contributed by atoms with Gasteiger partial charge in [-0.15, -0.1) is 0 Å². The number of hydrogen-bond acceptors (Lipinski definition) is 3. The van der Waals surface area contributed by atoms with Gasteiger partial charge in [0.2, 0.25) is 0 Å². The van der Waals surface area contributed by atoms with E-state index in [-0.39, 0.29) is 18.5 Å². The van der Waals surface area contributed by atoms with Gasteiger partial charge in [-0.1, -0.05) is 12.1 Å². The summed E-state index contributed by atoms with van der Waals surface area (Å²) in [6.07, 6.45) is 0.979. The van der Waals surface area contributed by atoms with Crippen LogP contribution in [-0.2, 0) is 9.47 Å². The average Bonchev–Trinajstić information content (AvgIpc) is 2.80. The molecular weight excluding hydrogens is 319 g/mol. The van der Waals surface area contributed by atoms with Crippen molar-refractivity contribution in [2.24, 2.45) is 0 Å². The van der Waals surface area contributed by atoms with Crippen LogP contribution in [0.5, 0.6) is 0 Å². The van der Waals surface area contributed by atoms with Crippen molar-refractivity contribution in [1.82, 2.24) is 0 Å². The van der Waals surface area contributed by atoms with Gasteiger partial charge in [-0.2, -0.15) is 0 Å². The first-order chi connectivity index (χ1) is 7.75. The van der Waals surface area contributed by atoms with E-state index in [1.54, 1.807) is 0 Å². The molecule has 0 radical (unpaired) electrons. The Morgan fingerprint density at radius 2 is 2.19 bits per heavy atom. The Bertz CT molecular complexity index is 355. The lowest BCUT2D eigenvalue weighted by Gasteiger charge is -2.08. The first-order valence-corrected chi connectivity index (χ1v) is 6.32. The fourth-order valence-corrected chi connectivity index (χ4v) is 1.92. The molecule has 0 aliphatic carbocycles. The SMILES string of the molecule is O=C(COC1CCOC1)c1ccc(I)cc1. The lowest BCUT2D eigenvalue weighted by molar-refractivity contribution is 0.0390. The van der Waals surface area contributed by atoms with Gasteiger partial charge in [-0.25, -0.2) is 0 Å².